The maximum atomic E-state index is 12.5. The SMILES string of the molecule is COc1cc(/C=C/C(=O)CCCN2CCCN(CCCC(=O)/C=C/c3cc(OC)c(OC)c(OC)c3)CC2)cc(OC)c1OC. The summed E-state index contributed by atoms with van der Waals surface area (Å²) in [6, 6.07) is 7.27. The van der Waals surface area contributed by atoms with Crippen LogP contribution in [0.4, 0.5) is 0 Å². The van der Waals surface area contributed by atoms with E-state index in [4.69, 9.17) is 28.4 Å². The Labute approximate surface area is 267 Å². The van der Waals surface area contributed by atoms with Crippen LogP contribution in [-0.4, -0.2) is 103 Å². The van der Waals surface area contributed by atoms with Crippen molar-refractivity contribution in [1.29, 1.82) is 0 Å². The van der Waals surface area contributed by atoms with E-state index in [0.717, 1.165) is 69.7 Å². The van der Waals surface area contributed by atoms with Gasteiger partial charge in [0.1, 0.15) is 0 Å². The zero-order valence-electron chi connectivity index (χ0n) is 27.6. The number of carbonyl (C=O) groups is 2. The first kappa shape index (κ1) is 35.5. The zero-order chi connectivity index (χ0) is 32.6. The van der Waals surface area contributed by atoms with E-state index in [1.165, 1.54) is 0 Å². The van der Waals surface area contributed by atoms with E-state index in [2.05, 4.69) is 9.80 Å². The van der Waals surface area contributed by atoms with E-state index < -0.39 is 0 Å². The van der Waals surface area contributed by atoms with Gasteiger partial charge in [0.2, 0.25) is 11.5 Å². The number of ketones is 2. The second-order valence-corrected chi connectivity index (χ2v) is 10.8. The molecule has 3 rings (SSSR count). The summed E-state index contributed by atoms with van der Waals surface area (Å²) >= 11 is 0. The summed E-state index contributed by atoms with van der Waals surface area (Å²) < 4.78 is 32.3. The third-order valence-electron chi connectivity index (χ3n) is 7.77. The van der Waals surface area contributed by atoms with Gasteiger partial charge in [-0.05, 0) is 93.0 Å². The molecule has 246 valence electrons. The number of methoxy groups -OCH3 is 6. The van der Waals surface area contributed by atoms with Gasteiger partial charge in [0, 0.05) is 25.9 Å². The Morgan fingerprint density at radius 1 is 0.578 bits per heavy atom. The van der Waals surface area contributed by atoms with Crippen molar-refractivity contribution in [2.75, 3.05) is 81.9 Å². The van der Waals surface area contributed by atoms with Crippen molar-refractivity contribution in [3.8, 4) is 34.5 Å². The molecule has 0 bridgehead atoms. The molecule has 0 N–H and O–H groups in total. The average Bonchev–Trinajstić information content (AvgIpc) is 3.30. The van der Waals surface area contributed by atoms with Gasteiger partial charge < -0.3 is 38.2 Å². The Balaban J connectivity index is 1.37. The van der Waals surface area contributed by atoms with Crippen LogP contribution in [0.2, 0.25) is 0 Å². The van der Waals surface area contributed by atoms with Gasteiger partial charge in [-0.1, -0.05) is 12.2 Å². The van der Waals surface area contributed by atoms with E-state index in [-0.39, 0.29) is 11.6 Å². The fourth-order valence-electron chi connectivity index (χ4n) is 5.37. The number of rotatable bonds is 18. The first-order chi connectivity index (χ1) is 21.8. The second kappa shape index (κ2) is 18.7. The summed E-state index contributed by atoms with van der Waals surface area (Å²) in [6.45, 7) is 5.74. The van der Waals surface area contributed by atoms with Crippen LogP contribution in [0, 0.1) is 0 Å². The molecule has 1 aliphatic heterocycles. The Hall–Kier alpha value is -4.02. The normalized spacial score (nSPS) is 14.4. The summed E-state index contributed by atoms with van der Waals surface area (Å²) in [5.74, 6) is 3.42. The summed E-state index contributed by atoms with van der Waals surface area (Å²) in [4.78, 5) is 30.0. The third kappa shape index (κ3) is 10.8. The predicted molar refractivity (Wildman–Crippen MR) is 176 cm³/mol. The predicted octanol–water partition coefficient (Wildman–Crippen LogP) is 5.17. The fourth-order valence-corrected chi connectivity index (χ4v) is 5.37. The molecule has 2 aromatic carbocycles. The molecule has 0 amide bonds. The molecular weight excluding hydrogens is 576 g/mol. The number of hydrogen-bond acceptors (Lipinski definition) is 10. The van der Waals surface area contributed by atoms with Gasteiger partial charge in [0.25, 0.3) is 0 Å². The standard InChI is InChI=1S/C35H48N2O8/c1-40-30-22-26(23-31(41-2)34(30)44-5)12-14-28(38)10-7-16-36-18-9-19-37(21-20-36)17-8-11-29(39)15-13-27-24-32(42-3)35(45-6)33(25-27)43-4/h12-15,22-25H,7-11,16-21H2,1-6H3/b14-12+,15-13+. The molecule has 2 aromatic rings. The van der Waals surface area contributed by atoms with Gasteiger partial charge in [-0.2, -0.15) is 0 Å². The van der Waals surface area contributed by atoms with Crippen LogP contribution in [0.3, 0.4) is 0 Å². The molecule has 0 spiro atoms. The zero-order valence-corrected chi connectivity index (χ0v) is 27.6. The summed E-state index contributed by atoms with van der Waals surface area (Å²) in [5.41, 5.74) is 1.61. The molecule has 1 fully saturated rings. The second-order valence-electron chi connectivity index (χ2n) is 10.8. The first-order valence-electron chi connectivity index (χ1n) is 15.3. The highest BCUT2D eigenvalue weighted by atomic mass is 16.5. The monoisotopic (exact) mass is 624 g/mol. The maximum absolute atomic E-state index is 12.5. The maximum Gasteiger partial charge on any atom is 0.203 e. The van der Waals surface area contributed by atoms with E-state index in [1.54, 1.807) is 67.0 Å². The average molecular weight is 625 g/mol. The lowest BCUT2D eigenvalue weighted by molar-refractivity contribution is -0.115. The van der Waals surface area contributed by atoms with Gasteiger partial charge in [-0.25, -0.2) is 0 Å². The van der Waals surface area contributed by atoms with Crippen LogP contribution in [0.25, 0.3) is 12.2 Å². The van der Waals surface area contributed by atoms with E-state index in [0.29, 0.717) is 47.3 Å². The van der Waals surface area contributed by atoms with Crippen molar-refractivity contribution in [1.82, 2.24) is 9.80 Å². The van der Waals surface area contributed by atoms with Gasteiger partial charge in [-0.3, -0.25) is 9.59 Å². The Kier molecular flexibility index (Phi) is 14.7. The highest BCUT2D eigenvalue weighted by molar-refractivity contribution is 5.94. The number of carbonyl (C=O) groups excluding carboxylic acids is 2. The molecule has 0 radical (unpaired) electrons. The van der Waals surface area contributed by atoms with Gasteiger partial charge in [-0.15, -0.1) is 0 Å². The smallest absolute Gasteiger partial charge is 0.203 e. The minimum atomic E-state index is 0.0872. The molecule has 0 aromatic heterocycles. The quantitative estimate of drug-likeness (QED) is 0.207. The van der Waals surface area contributed by atoms with Crippen molar-refractivity contribution in [3.63, 3.8) is 0 Å². The molecule has 45 heavy (non-hydrogen) atoms. The molecule has 1 heterocycles. The van der Waals surface area contributed by atoms with Crippen LogP contribution in [0.1, 0.15) is 43.2 Å². The van der Waals surface area contributed by atoms with Crippen LogP contribution in [0.15, 0.2) is 36.4 Å². The van der Waals surface area contributed by atoms with Crippen molar-refractivity contribution < 1.29 is 38.0 Å². The van der Waals surface area contributed by atoms with Gasteiger partial charge in [0.15, 0.2) is 34.6 Å². The number of allylic oxidation sites excluding steroid dienone is 2. The molecule has 0 atom stereocenters. The number of hydrogen-bond donors (Lipinski definition) is 0. The van der Waals surface area contributed by atoms with Crippen molar-refractivity contribution in [2.24, 2.45) is 0 Å². The van der Waals surface area contributed by atoms with Crippen molar-refractivity contribution in [3.05, 3.63) is 47.5 Å². The Bertz CT molecular complexity index is 1170. The first-order valence-corrected chi connectivity index (χ1v) is 15.3. The van der Waals surface area contributed by atoms with Crippen molar-refractivity contribution >= 4 is 23.7 Å². The topological polar surface area (TPSA) is 96.0 Å². The highest BCUT2D eigenvalue weighted by Gasteiger charge is 2.16. The van der Waals surface area contributed by atoms with E-state index in [9.17, 15) is 9.59 Å². The van der Waals surface area contributed by atoms with E-state index >= 15 is 0 Å². The minimum Gasteiger partial charge on any atom is -0.493 e. The summed E-state index contributed by atoms with van der Waals surface area (Å²) in [6.07, 6.45) is 10.5. The van der Waals surface area contributed by atoms with Gasteiger partial charge in [0.05, 0.1) is 42.7 Å². The van der Waals surface area contributed by atoms with Crippen LogP contribution in [0.5, 0.6) is 34.5 Å². The molecule has 10 heteroatoms. The van der Waals surface area contributed by atoms with Crippen LogP contribution < -0.4 is 28.4 Å². The van der Waals surface area contributed by atoms with Crippen LogP contribution in [-0.2, 0) is 9.59 Å². The van der Waals surface area contributed by atoms with Crippen LogP contribution >= 0.6 is 0 Å². The minimum absolute atomic E-state index is 0.0872. The lowest BCUT2D eigenvalue weighted by Crippen LogP contribution is -2.32. The molecule has 0 unspecified atom stereocenters. The molecule has 1 saturated heterocycles. The lowest BCUT2D eigenvalue weighted by atomic mass is 10.1. The third-order valence-corrected chi connectivity index (χ3v) is 7.77. The number of benzene rings is 2. The van der Waals surface area contributed by atoms with Gasteiger partial charge >= 0.3 is 0 Å². The number of nitrogens with zero attached hydrogens (tertiary/aromatic N) is 2. The highest BCUT2D eigenvalue weighted by Crippen LogP contribution is 2.39. The Morgan fingerprint density at radius 3 is 1.24 bits per heavy atom. The van der Waals surface area contributed by atoms with Crippen molar-refractivity contribution in [2.45, 2.75) is 32.1 Å². The number of ether oxygens (including phenoxy) is 6. The molecule has 0 aliphatic carbocycles. The molecule has 10 nitrogen and oxygen atoms in total. The largest absolute Gasteiger partial charge is 0.493 e. The lowest BCUT2D eigenvalue weighted by Gasteiger charge is -2.21. The fraction of sp³-hybridized carbons (Fsp3) is 0.486. The molecule has 1 aliphatic rings. The summed E-state index contributed by atoms with van der Waals surface area (Å²) in [7, 11) is 9.40. The molecule has 0 saturated carbocycles. The Morgan fingerprint density at radius 2 is 0.933 bits per heavy atom. The summed E-state index contributed by atoms with van der Waals surface area (Å²) in [5, 5.41) is 0. The van der Waals surface area contributed by atoms with E-state index in [1.807, 2.05) is 24.3 Å². The molecular formula is C35H48N2O8.